The Morgan fingerprint density at radius 3 is 2.31 bits per heavy atom. The molecular formula is C19H32N4O2S. The molecule has 0 radical (unpaired) electrons. The van der Waals surface area contributed by atoms with Gasteiger partial charge in [0.1, 0.15) is 0 Å². The molecule has 0 saturated carbocycles. The molecule has 1 aromatic carbocycles. The normalized spacial score (nSPS) is 17.0. The minimum Gasteiger partial charge on any atom is -0.352 e. The van der Waals surface area contributed by atoms with E-state index in [0.29, 0.717) is 6.54 Å². The highest BCUT2D eigenvalue weighted by Crippen LogP contribution is 2.16. The maximum atomic E-state index is 12.0. The number of hydrogen-bond acceptors (Lipinski definition) is 3. The van der Waals surface area contributed by atoms with Crippen LogP contribution >= 0.6 is 0 Å². The Balaban J connectivity index is 1.88. The van der Waals surface area contributed by atoms with E-state index in [0.717, 1.165) is 36.1 Å². The lowest BCUT2D eigenvalue weighted by Gasteiger charge is -2.32. The van der Waals surface area contributed by atoms with Crippen molar-refractivity contribution >= 4 is 16.0 Å². The molecule has 0 aromatic heterocycles. The number of benzene rings is 1. The lowest BCUT2D eigenvalue weighted by atomic mass is 9.99. The van der Waals surface area contributed by atoms with Crippen molar-refractivity contribution in [2.24, 2.45) is 10.9 Å². The Labute approximate surface area is 158 Å². The first-order valence-electron chi connectivity index (χ1n) is 9.32. The lowest BCUT2D eigenvalue weighted by Crippen LogP contribution is -2.45. The Kier molecular flexibility index (Phi) is 7.46. The smallest absolute Gasteiger partial charge is 0.216 e. The summed E-state index contributed by atoms with van der Waals surface area (Å²) in [6, 6.07) is 7.61. The van der Waals surface area contributed by atoms with Gasteiger partial charge in [0.25, 0.3) is 0 Å². The van der Waals surface area contributed by atoms with Crippen LogP contribution in [0.5, 0.6) is 0 Å². The number of piperidine rings is 1. The van der Waals surface area contributed by atoms with Gasteiger partial charge in [-0.05, 0) is 43.7 Å². The molecule has 1 fully saturated rings. The molecule has 146 valence electrons. The summed E-state index contributed by atoms with van der Waals surface area (Å²) in [5, 5.41) is 3.41. The van der Waals surface area contributed by atoms with Crippen molar-refractivity contribution in [2.45, 2.75) is 52.0 Å². The third-order valence-corrected chi connectivity index (χ3v) is 6.08. The number of hydrogen-bond donors (Lipinski definition) is 2. The zero-order chi connectivity index (χ0) is 19.2. The predicted octanol–water partition coefficient (Wildman–Crippen LogP) is 2.32. The van der Waals surface area contributed by atoms with E-state index in [4.69, 9.17) is 0 Å². The second kappa shape index (κ2) is 9.37. The minimum atomic E-state index is -3.29. The molecule has 7 heteroatoms. The summed E-state index contributed by atoms with van der Waals surface area (Å²) in [6.07, 6.45) is 2.41. The van der Waals surface area contributed by atoms with E-state index in [9.17, 15) is 8.42 Å². The van der Waals surface area contributed by atoms with Gasteiger partial charge in [-0.2, -0.15) is 0 Å². The van der Waals surface area contributed by atoms with Crippen LogP contribution < -0.4 is 10.0 Å². The number of aliphatic imine (C=N–C) groups is 1. The molecule has 0 bridgehead atoms. The third-order valence-electron chi connectivity index (χ3n) is 4.54. The number of guanidine groups is 1. The third kappa shape index (κ3) is 6.61. The van der Waals surface area contributed by atoms with E-state index in [1.807, 2.05) is 45.2 Å². The molecule has 1 aliphatic rings. The fourth-order valence-corrected chi connectivity index (χ4v) is 4.54. The number of likely N-dealkylation sites (tertiary alicyclic amines) is 1. The summed E-state index contributed by atoms with van der Waals surface area (Å²) in [5.41, 5.74) is 1.89. The number of rotatable bonds is 6. The van der Waals surface area contributed by atoms with Crippen molar-refractivity contribution in [3.8, 4) is 0 Å². The van der Waals surface area contributed by atoms with Crippen LogP contribution in [0.3, 0.4) is 0 Å². The molecule has 0 aliphatic carbocycles. The highest BCUT2D eigenvalue weighted by molar-refractivity contribution is 7.88. The Bertz CT molecular complexity index is 691. The van der Waals surface area contributed by atoms with E-state index in [2.05, 4.69) is 26.9 Å². The van der Waals surface area contributed by atoms with Crippen LogP contribution in [0, 0.1) is 5.92 Å². The molecular weight excluding hydrogens is 348 g/mol. The van der Waals surface area contributed by atoms with Crippen LogP contribution in [0.25, 0.3) is 0 Å². The second-order valence-electron chi connectivity index (χ2n) is 7.42. The number of nitrogens with zero attached hydrogens (tertiary/aromatic N) is 2. The minimum absolute atomic E-state index is 0.00647. The van der Waals surface area contributed by atoms with Crippen molar-refractivity contribution in [1.29, 1.82) is 0 Å². The average molecular weight is 381 g/mol. The maximum Gasteiger partial charge on any atom is 0.216 e. The first-order valence-corrected chi connectivity index (χ1v) is 11.0. The van der Waals surface area contributed by atoms with Gasteiger partial charge < -0.3 is 10.2 Å². The van der Waals surface area contributed by atoms with Crippen LogP contribution in [-0.2, 0) is 22.3 Å². The van der Waals surface area contributed by atoms with Crippen LogP contribution in [-0.4, -0.2) is 45.5 Å². The molecule has 1 saturated heterocycles. The summed E-state index contributed by atoms with van der Waals surface area (Å²) in [5.74, 6) is 1.73. The molecule has 1 heterocycles. The van der Waals surface area contributed by atoms with Crippen molar-refractivity contribution in [1.82, 2.24) is 14.9 Å². The lowest BCUT2D eigenvalue weighted by molar-refractivity contribution is 0.273. The SMILES string of the molecule is CN=C(NCc1ccc(CS(=O)(=O)NC(C)C)cc1)N1CCC(C)CC1. The van der Waals surface area contributed by atoms with Crippen molar-refractivity contribution < 1.29 is 8.42 Å². The molecule has 2 N–H and O–H groups in total. The van der Waals surface area contributed by atoms with Gasteiger partial charge in [-0.3, -0.25) is 4.99 Å². The van der Waals surface area contributed by atoms with Gasteiger partial charge in [-0.1, -0.05) is 31.2 Å². The van der Waals surface area contributed by atoms with Crippen LogP contribution in [0.15, 0.2) is 29.3 Å². The number of nitrogens with one attached hydrogen (secondary N) is 2. The van der Waals surface area contributed by atoms with Crippen molar-refractivity contribution in [3.63, 3.8) is 0 Å². The van der Waals surface area contributed by atoms with Crippen molar-refractivity contribution in [2.75, 3.05) is 20.1 Å². The zero-order valence-electron chi connectivity index (χ0n) is 16.3. The van der Waals surface area contributed by atoms with Crippen molar-refractivity contribution in [3.05, 3.63) is 35.4 Å². The van der Waals surface area contributed by atoms with E-state index in [1.165, 1.54) is 12.8 Å². The molecule has 0 unspecified atom stereocenters. The molecule has 0 amide bonds. The molecule has 26 heavy (non-hydrogen) atoms. The summed E-state index contributed by atoms with van der Waals surface area (Å²) in [4.78, 5) is 6.69. The first kappa shape index (κ1) is 20.7. The summed E-state index contributed by atoms with van der Waals surface area (Å²) in [6.45, 7) is 8.70. The summed E-state index contributed by atoms with van der Waals surface area (Å²) < 4.78 is 26.6. The number of sulfonamides is 1. The second-order valence-corrected chi connectivity index (χ2v) is 9.17. The topological polar surface area (TPSA) is 73.8 Å². The monoisotopic (exact) mass is 380 g/mol. The van der Waals surface area contributed by atoms with E-state index >= 15 is 0 Å². The summed E-state index contributed by atoms with van der Waals surface area (Å²) >= 11 is 0. The quantitative estimate of drug-likeness (QED) is 0.587. The largest absolute Gasteiger partial charge is 0.352 e. The highest BCUT2D eigenvalue weighted by atomic mass is 32.2. The molecule has 1 aliphatic heterocycles. The Hall–Kier alpha value is -1.60. The fraction of sp³-hybridized carbons (Fsp3) is 0.632. The molecule has 0 spiro atoms. The van der Waals surface area contributed by atoms with E-state index in [-0.39, 0.29) is 11.8 Å². The zero-order valence-corrected chi connectivity index (χ0v) is 17.1. The Morgan fingerprint density at radius 2 is 1.77 bits per heavy atom. The van der Waals surface area contributed by atoms with E-state index < -0.39 is 10.0 Å². The molecule has 6 nitrogen and oxygen atoms in total. The fourth-order valence-electron chi connectivity index (χ4n) is 3.11. The maximum absolute atomic E-state index is 12.0. The van der Waals surface area contributed by atoms with Crippen LogP contribution in [0.1, 0.15) is 44.7 Å². The van der Waals surface area contributed by atoms with Gasteiger partial charge in [0.05, 0.1) is 5.75 Å². The summed E-state index contributed by atoms with van der Waals surface area (Å²) in [7, 11) is -1.47. The standard InChI is InChI=1S/C19H32N4O2S/c1-15(2)22-26(24,25)14-18-7-5-17(6-8-18)13-21-19(20-4)23-11-9-16(3)10-12-23/h5-8,15-16,22H,9-14H2,1-4H3,(H,20,21). The average Bonchev–Trinajstić information content (AvgIpc) is 2.57. The van der Waals surface area contributed by atoms with Gasteiger partial charge >= 0.3 is 0 Å². The van der Waals surface area contributed by atoms with Gasteiger partial charge in [0.15, 0.2) is 5.96 Å². The van der Waals surface area contributed by atoms with Gasteiger partial charge in [-0.15, -0.1) is 0 Å². The highest BCUT2D eigenvalue weighted by Gasteiger charge is 2.18. The van der Waals surface area contributed by atoms with Gasteiger partial charge in [-0.25, -0.2) is 13.1 Å². The molecule has 2 rings (SSSR count). The van der Waals surface area contributed by atoms with Gasteiger partial charge in [0, 0.05) is 32.7 Å². The Morgan fingerprint density at radius 1 is 1.19 bits per heavy atom. The molecule has 0 atom stereocenters. The van der Waals surface area contributed by atoms with Gasteiger partial charge in [0.2, 0.25) is 10.0 Å². The first-order chi connectivity index (χ1) is 12.3. The van der Waals surface area contributed by atoms with E-state index in [1.54, 1.807) is 0 Å². The predicted molar refractivity (Wildman–Crippen MR) is 108 cm³/mol. The van der Waals surface area contributed by atoms with Crippen LogP contribution in [0.2, 0.25) is 0 Å². The van der Waals surface area contributed by atoms with Crippen LogP contribution in [0.4, 0.5) is 0 Å². The molecule has 1 aromatic rings.